The minimum atomic E-state index is -3.86. The molecule has 15 heavy (non-hydrogen) atoms. The van der Waals surface area contributed by atoms with Crippen LogP contribution in [0.1, 0.15) is 19.3 Å². The van der Waals surface area contributed by atoms with Crippen LogP contribution in [0.4, 0.5) is 0 Å². The van der Waals surface area contributed by atoms with Crippen molar-refractivity contribution in [1.82, 2.24) is 0 Å². The second-order valence-corrected chi connectivity index (χ2v) is 6.87. The quantitative estimate of drug-likeness (QED) is 0.404. The number of rotatable bonds is 8. The van der Waals surface area contributed by atoms with Crippen molar-refractivity contribution in [2.45, 2.75) is 19.3 Å². The zero-order chi connectivity index (χ0) is 11.9. The fourth-order valence-corrected chi connectivity index (χ4v) is 1.98. The van der Waals surface area contributed by atoms with E-state index in [0.717, 1.165) is 0 Å². The molecule has 0 aliphatic carbocycles. The van der Waals surface area contributed by atoms with Gasteiger partial charge in [0.15, 0.2) is 0 Å². The Balaban J connectivity index is 3.45. The zero-order valence-electron chi connectivity index (χ0n) is 8.88. The van der Waals surface area contributed by atoms with Crippen molar-refractivity contribution in [1.29, 1.82) is 0 Å². The normalized spacial score (nSPS) is 16.2. The Morgan fingerprint density at radius 3 is 2.33 bits per heavy atom. The second-order valence-electron chi connectivity index (χ2n) is 3.13. The molecule has 0 aromatic heterocycles. The zero-order valence-corrected chi connectivity index (χ0v) is 10.6. The summed E-state index contributed by atoms with van der Waals surface area (Å²) in [7, 11) is -5.48. The van der Waals surface area contributed by atoms with Gasteiger partial charge in [0.1, 0.15) is 0 Å². The van der Waals surface area contributed by atoms with Gasteiger partial charge in [-0.25, -0.2) is 0 Å². The van der Waals surface area contributed by atoms with Crippen LogP contribution in [0.2, 0.25) is 0 Å². The van der Waals surface area contributed by atoms with Gasteiger partial charge in [-0.2, -0.15) is 8.42 Å². The molecule has 0 aliphatic rings. The van der Waals surface area contributed by atoms with Crippen LogP contribution in [0.25, 0.3) is 0 Å². The highest BCUT2D eigenvalue weighted by Gasteiger charge is 2.13. The maximum absolute atomic E-state index is 11.2. The van der Waals surface area contributed by atoms with Gasteiger partial charge >= 0.3 is 7.60 Å². The van der Waals surface area contributed by atoms with E-state index in [2.05, 4.69) is 4.52 Å². The molecule has 0 saturated heterocycles. The van der Waals surface area contributed by atoms with Gasteiger partial charge in [0.2, 0.25) is 0 Å². The Morgan fingerprint density at radius 2 is 1.87 bits per heavy atom. The van der Waals surface area contributed by atoms with E-state index in [1.807, 2.05) is 0 Å². The molecule has 0 aromatic carbocycles. The summed E-state index contributed by atoms with van der Waals surface area (Å²) < 4.78 is 49.8. The SMILES string of the molecule is COP(C)(=O)OCCCCCS(=O)(=O)O. The highest BCUT2D eigenvalue weighted by atomic mass is 32.2. The predicted octanol–water partition coefficient (Wildman–Crippen LogP) is 1.53. The Kier molecular flexibility index (Phi) is 6.63. The van der Waals surface area contributed by atoms with E-state index in [9.17, 15) is 13.0 Å². The molecule has 0 bridgehead atoms. The smallest absolute Gasteiger partial charge is 0.312 e. The molecule has 6 nitrogen and oxygen atoms in total. The maximum atomic E-state index is 11.2. The Hall–Kier alpha value is 0.0600. The summed E-state index contributed by atoms with van der Waals surface area (Å²) in [5.41, 5.74) is 0. The van der Waals surface area contributed by atoms with Crippen molar-refractivity contribution in [3.63, 3.8) is 0 Å². The first-order chi connectivity index (χ1) is 6.77. The minimum absolute atomic E-state index is 0.249. The van der Waals surface area contributed by atoms with Gasteiger partial charge in [-0.1, -0.05) is 6.42 Å². The Morgan fingerprint density at radius 1 is 1.27 bits per heavy atom. The second kappa shape index (κ2) is 6.60. The molecule has 0 fully saturated rings. The van der Waals surface area contributed by atoms with Crippen LogP contribution < -0.4 is 0 Å². The summed E-state index contributed by atoms with van der Waals surface area (Å²) in [6, 6.07) is 0. The fourth-order valence-electron chi connectivity index (χ4n) is 0.846. The molecule has 8 heteroatoms. The van der Waals surface area contributed by atoms with Crippen LogP contribution in [-0.4, -0.2) is 39.1 Å². The first-order valence-corrected chi connectivity index (χ1v) is 8.10. The van der Waals surface area contributed by atoms with Crippen molar-refractivity contribution in [2.24, 2.45) is 0 Å². The molecule has 1 unspecified atom stereocenters. The third kappa shape index (κ3) is 10.3. The molecule has 0 aromatic rings. The van der Waals surface area contributed by atoms with Crippen molar-refractivity contribution in [3.05, 3.63) is 0 Å². The lowest BCUT2D eigenvalue weighted by molar-refractivity contribution is 0.234. The largest absolute Gasteiger partial charge is 0.327 e. The maximum Gasteiger partial charge on any atom is 0.327 e. The lowest BCUT2D eigenvalue weighted by atomic mass is 10.3. The van der Waals surface area contributed by atoms with Gasteiger partial charge in [0.25, 0.3) is 10.1 Å². The van der Waals surface area contributed by atoms with E-state index >= 15 is 0 Å². The van der Waals surface area contributed by atoms with Gasteiger partial charge in [0.05, 0.1) is 12.4 Å². The minimum Gasteiger partial charge on any atom is -0.312 e. The average molecular weight is 260 g/mol. The Labute approximate surface area is 90.2 Å². The van der Waals surface area contributed by atoms with Crippen molar-refractivity contribution in [3.8, 4) is 0 Å². The van der Waals surface area contributed by atoms with E-state index in [0.29, 0.717) is 19.3 Å². The summed E-state index contributed by atoms with van der Waals surface area (Å²) in [5, 5.41) is 0. The molecule has 1 atom stereocenters. The summed E-state index contributed by atoms with van der Waals surface area (Å²) in [5.74, 6) is -0.249. The van der Waals surface area contributed by atoms with Crippen molar-refractivity contribution in [2.75, 3.05) is 26.1 Å². The van der Waals surface area contributed by atoms with E-state index in [-0.39, 0.29) is 12.4 Å². The Bertz CT molecular complexity index is 311. The molecule has 0 aliphatic heterocycles. The summed E-state index contributed by atoms with van der Waals surface area (Å²) >= 11 is 0. The van der Waals surface area contributed by atoms with E-state index in [4.69, 9.17) is 9.08 Å². The van der Waals surface area contributed by atoms with Crippen LogP contribution in [0.3, 0.4) is 0 Å². The van der Waals surface area contributed by atoms with E-state index < -0.39 is 17.7 Å². The topological polar surface area (TPSA) is 89.9 Å². The highest BCUT2D eigenvalue weighted by Crippen LogP contribution is 2.42. The summed E-state index contributed by atoms with van der Waals surface area (Å²) in [6.07, 6.45) is 1.53. The lowest BCUT2D eigenvalue weighted by Crippen LogP contribution is -2.04. The molecule has 0 amide bonds. The van der Waals surface area contributed by atoms with Crippen LogP contribution in [0.15, 0.2) is 0 Å². The number of hydrogen-bond donors (Lipinski definition) is 1. The fraction of sp³-hybridized carbons (Fsp3) is 1.00. The third-order valence-corrected chi connectivity index (χ3v) is 3.82. The van der Waals surface area contributed by atoms with E-state index in [1.54, 1.807) is 0 Å². The number of hydrogen-bond acceptors (Lipinski definition) is 5. The van der Waals surface area contributed by atoms with Crippen LogP contribution in [0.5, 0.6) is 0 Å². The monoisotopic (exact) mass is 260 g/mol. The standard InChI is InChI=1S/C7H17O6PS/c1-12-14(2,8)13-6-4-3-5-7-15(9,10)11/h3-7H2,1-2H3,(H,9,10,11). The van der Waals surface area contributed by atoms with Gasteiger partial charge in [0, 0.05) is 13.8 Å². The average Bonchev–Trinajstić information content (AvgIpc) is 2.09. The molecule has 0 spiro atoms. The molecule has 0 rings (SSSR count). The van der Waals surface area contributed by atoms with Gasteiger partial charge < -0.3 is 9.05 Å². The molecule has 1 N–H and O–H groups in total. The van der Waals surface area contributed by atoms with E-state index in [1.165, 1.54) is 13.8 Å². The van der Waals surface area contributed by atoms with Crippen LogP contribution in [-0.2, 0) is 23.7 Å². The molecule has 92 valence electrons. The highest BCUT2D eigenvalue weighted by molar-refractivity contribution is 7.85. The molecular formula is C7H17O6PS. The van der Waals surface area contributed by atoms with Gasteiger partial charge in [-0.05, 0) is 12.8 Å². The third-order valence-electron chi connectivity index (χ3n) is 1.70. The first-order valence-electron chi connectivity index (χ1n) is 4.50. The lowest BCUT2D eigenvalue weighted by Gasteiger charge is -2.10. The molecule has 0 saturated carbocycles. The van der Waals surface area contributed by atoms with Crippen LogP contribution >= 0.6 is 7.60 Å². The van der Waals surface area contributed by atoms with Crippen molar-refractivity contribution >= 4 is 17.7 Å². The van der Waals surface area contributed by atoms with Gasteiger partial charge in [-0.15, -0.1) is 0 Å². The molecule has 0 radical (unpaired) electrons. The predicted molar refractivity (Wildman–Crippen MR) is 56.8 cm³/mol. The summed E-state index contributed by atoms with van der Waals surface area (Å²) in [6.45, 7) is 1.62. The van der Waals surface area contributed by atoms with Crippen molar-refractivity contribution < 1.29 is 26.6 Å². The first kappa shape index (κ1) is 15.1. The summed E-state index contributed by atoms with van der Waals surface area (Å²) in [4.78, 5) is 0. The number of unbranched alkanes of at least 4 members (excludes halogenated alkanes) is 2. The van der Waals surface area contributed by atoms with Gasteiger partial charge in [-0.3, -0.25) is 9.12 Å². The molecular weight excluding hydrogens is 243 g/mol. The molecule has 0 heterocycles. The van der Waals surface area contributed by atoms with Crippen LogP contribution in [0, 0.1) is 0 Å².